The smallest absolute Gasteiger partial charge is 0.268 e. The van der Waals surface area contributed by atoms with Gasteiger partial charge in [0.25, 0.3) is 5.91 Å². The van der Waals surface area contributed by atoms with Gasteiger partial charge >= 0.3 is 0 Å². The van der Waals surface area contributed by atoms with Gasteiger partial charge in [0.1, 0.15) is 10.5 Å². The number of benzene rings is 1. The fraction of sp³-hybridized carbons (Fsp3) is 0.143. The van der Waals surface area contributed by atoms with Gasteiger partial charge in [-0.3, -0.25) is 9.78 Å². The standard InChI is InChI=1S/C21H19N3OS/c1-15(17-5-3-2-4-6-17)24-19(13-18-9-12-26-21(18)24)20(25)23-14-16-7-10-22-11-8-16/h2-13,15H,14H2,1H3,(H,23,25). The van der Waals surface area contributed by atoms with E-state index in [1.165, 1.54) is 5.56 Å². The molecule has 0 radical (unpaired) electrons. The number of carbonyl (C=O) groups is 1. The first kappa shape index (κ1) is 16.5. The molecule has 0 saturated heterocycles. The molecule has 1 aromatic carbocycles. The zero-order valence-electron chi connectivity index (χ0n) is 14.4. The Morgan fingerprint density at radius 1 is 1.15 bits per heavy atom. The van der Waals surface area contributed by atoms with Crippen LogP contribution >= 0.6 is 11.3 Å². The molecule has 1 N–H and O–H groups in total. The molecule has 0 saturated carbocycles. The van der Waals surface area contributed by atoms with Crippen LogP contribution in [0.15, 0.2) is 72.4 Å². The number of fused-ring (bicyclic) bond motifs is 1. The second-order valence-electron chi connectivity index (χ2n) is 6.21. The summed E-state index contributed by atoms with van der Waals surface area (Å²) < 4.78 is 2.14. The predicted molar refractivity (Wildman–Crippen MR) is 105 cm³/mol. The van der Waals surface area contributed by atoms with E-state index in [0.29, 0.717) is 12.2 Å². The van der Waals surface area contributed by atoms with Gasteiger partial charge in [0, 0.05) is 24.3 Å². The zero-order chi connectivity index (χ0) is 17.9. The van der Waals surface area contributed by atoms with Crippen LogP contribution in [0.1, 0.15) is 34.6 Å². The van der Waals surface area contributed by atoms with Crippen LogP contribution in [0.25, 0.3) is 10.2 Å². The highest BCUT2D eigenvalue weighted by molar-refractivity contribution is 7.16. The SMILES string of the molecule is CC(c1ccccc1)n1c(C(=O)NCc2ccncc2)cc2ccsc21. The number of pyridine rings is 1. The molecule has 0 spiro atoms. The molecule has 0 aliphatic rings. The van der Waals surface area contributed by atoms with E-state index >= 15 is 0 Å². The van der Waals surface area contributed by atoms with E-state index in [4.69, 9.17) is 0 Å². The lowest BCUT2D eigenvalue weighted by atomic mass is 10.1. The van der Waals surface area contributed by atoms with Crippen LogP contribution < -0.4 is 5.32 Å². The molecule has 1 atom stereocenters. The molecule has 4 rings (SSSR count). The largest absolute Gasteiger partial charge is 0.347 e. The molecule has 0 bridgehead atoms. The molecule has 26 heavy (non-hydrogen) atoms. The molecule has 5 heteroatoms. The lowest BCUT2D eigenvalue weighted by Crippen LogP contribution is -2.26. The fourth-order valence-corrected chi connectivity index (χ4v) is 4.13. The van der Waals surface area contributed by atoms with E-state index in [0.717, 1.165) is 15.8 Å². The van der Waals surface area contributed by atoms with E-state index < -0.39 is 0 Å². The van der Waals surface area contributed by atoms with E-state index in [1.54, 1.807) is 23.7 Å². The van der Waals surface area contributed by atoms with Crippen molar-refractivity contribution in [1.29, 1.82) is 0 Å². The Balaban J connectivity index is 1.66. The lowest BCUT2D eigenvalue weighted by molar-refractivity contribution is 0.0941. The maximum absolute atomic E-state index is 12.9. The number of carbonyl (C=O) groups excluding carboxylic acids is 1. The third-order valence-corrected chi connectivity index (χ3v) is 5.48. The summed E-state index contributed by atoms with van der Waals surface area (Å²) in [6.07, 6.45) is 3.47. The second-order valence-corrected chi connectivity index (χ2v) is 7.10. The fourth-order valence-electron chi connectivity index (χ4n) is 3.16. The highest BCUT2D eigenvalue weighted by Crippen LogP contribution is 2.31. The number of hydrogen-bond donors (Lipinski definition) is 1. The number of nitrogens with zero attached hydrogens (tertiary/aromatic N) is 2. The molecule has 4 aromatic rings. The number of hydrogen-bond acceptors (Lipinski definition) is 3. The molecule has 1 unspecified atom stereocenters. The average molecular weight is 361 g/mol. The maximum atomic E-state index is 12.9. The second kappa shape index (κ2) is 7.14. The van der Waals surface area contributed by atoms with Crippen LogP contribution in [-0.4, -0.2) is 15.5 Å². The first-order valence-corrected chi connectivity index (χ1v) is 9.42. The summed E-state index contributed by atoms with van der Waals surface area (Å²) in [5.41, 5.74) is 2.91. The molecule has 1 amide bonds. The zero-order valence-corrected chi connectivity index (χ0v) is 15.2. The Hall–Kier alpha value is -2.92. The summed E-state index contributed by atoms with van der Waals surface area (Å²) in [6, 6.07) is 18.2. The van der Waals surface area contributed by atoms with Crippen molar-refractivity contribution in [1.82, 2.24) is 14.9 Å². The Bertz CT molecular complexity index is 1020. The third-order valence-electron chi connectivity index (χ3n) is 4.55. The van der Waals surface area contributed by atoms with Crippen molar-refractivity contribution < 1.29 is 4.79 Å². The predicted octanol–water partition coefficient (Wildman–Crippen LogP) is 4.64. The van der Waals surface area contributed by atoms with Gasteiger partial charge in [-0.05, 0) is 47.7 Å². The molecule has 4 nitrogen and oxygen atoms in total. The molecule has 130 valence electrons. The minimum absolute atomic E-state index is 0.0620. The summed E-state index contributed by atoms with van der Waals surface area (Å²) in [4.78, 5) is 18.0. The molecular weight excluding hydrogens is 342 g/mol. The number of aromatic nitrogens is 2. The van der Waals surface area contributed by atoms with Crippen LogP contribution in [0, 0.1) is 0 Å². The van der Waals surface area contributed by atoms with Crippen LogP contribution in [0.5, 0.6) is 0 Å². The van der Waals surface area contributed by atoms with Crippen molar-refractivity contribution in [3.63, 3.8) is 0 Å². The summed E-state index contributed by atoms with van der Waals surface area (Å²) in [7, 11) is 0. The molecule has 0 fully saturated rings. The molecule has 3 aromatic heterocycles. The minimum atomic E-state index is -0.0620. The summed E-state index contributed by atoms with van der Waals surface area (Å²) in [5.74, 6) is -0.0620. The van der Waals surface area contributed by atoms with Gasteiger partial charge in [0.05, 0.1) is 6.04 Å². The van der Waals surface area contributed by atoms with Crippen molar-refractivity contribution >= 4 is 27.5 Å². The molecular formula is C21H19N3OS. The van der Waals surface area contributed by atoms with Crippen LogP contribution in [0.3, 0.4) is 0 Å². The summed E-state index contributed by atoms with van der Waals surface area (Å²) in [5, 5.41) is 6.20. The van der Waals surface area contributed by atoms with E-state index in [-0.39, 0.29) is 11.9 Å². The van der Waals surface area contributed by atoms with Crippen molar-refractivity contribution in [2.24, 2.45) is 0 Å². The topological polar surface area (TPSA) is 46.9 Å². The maximum Gasteiger partial charge on any atom is 0.268 e. The monoisotopic (exact) mass is 361 g/mol. The molecule has 0 aliphatic carbocycles. The number of thiophene rings is 1. The Labute approximate surface area is 156 Å². The normalized spacial score (nSPS) is 12.2. The van der Waals surface area contributed by atoms with Gasteiger partial charge < -0.3 is 9.88 Å². The van der Waals surface area contributed by atoms with Gasteiger partial charge in [-0.1, -0.05) is 30.3 Å². The first-order valence-electron chi connectivity index (χ1n) is 8.54. The summed E-state index contributed by atoms with van der Waals surface area (Å²) >= 11 is 1.66. The first-order chi connectivity index (χ1) is 12.7. The van der Waals surface area contributed by atoms with E-state index in [9.17, 15) is 4.79 Å². The van der Waals surface area contributed by atoms with Gasteiger partial charge in [-0.15, -0.1) is 11.3 Å². The summed E-state index contributed by atoms with van der Waals surface area (Å²) in [6.45, 7) is 2.62. The third kappa shape index (κ3) is 3.13. The average Bonchev–Trinajstić information content (AvgIpc) is 3.28. The number of rotatable bonds is 5. The Kier molecular flexibility index (Phi) is 4.54. The Morgan fingerprint density at radius 3 is 2.69 bits per heavy atom. The van der Waals surface area contributed by atoms with Gasteiger partial charge in [0.2, 0.25) is 0 Å². The quantitative estimate of drug-likeness (QED) is 0.563. The van der Waals surface area contributed by atoms with Gasteiger partial charge in [-0.25, -0.2) is 0 Å². The van der Waals surface area contributed by atoms with Crippen LogP contribution in [-0.2, 0) is 6.54 Å². The Morgan fingerprint density at radius 2 is 1.92 bits per heavy atom. The van der Waals surface area contributed by atoms with Gasteiger partial charge in [-0.2, -0.15) is 0 Å². The number of amides is 1. The van der Waals surface area contributed by atoms with Crippen LogP contribution in [0.2, 0.25) is 0 Å². The van der Waals surface area contributed by atoms with Crippen molar-refractivity contribution in [2.75, 3.05) is 0 Å². The minimum Gasteiger partial charge on any atom is -0.347 e. The van der Waals surface area contributed by atoms with Crippen LogP contribution in [0.4, 0.5) is 0 Å². The highest BCUT2D eigenvalue weighted by Gasteiger charge is 2.21. The van der Waals surface area contributed by atoms with E-state index in [1.807, 2.05) is 36.4 Å². The van der Waals surface area contributed by atoms with Crippen molar-refractivity contribution in [2.45, 2.75) is 19.5 Å². The molecule has 3 heterocycles. The van der Waals surface area contributed by atoms with E-state index in [2.05, 4.69) is 45.4 Å². The van der Waals surface area contributed by atoms with Crippen molar-refractivity contribution in [3.05, 3.63) is 89.2 Å². The molecule has 0 aliphatic heterocycles. The number of nitrogens with one attached hydrogen (secondary N) is 1. The van der Waals surface area contributed by atoms with Crippen molar-refractivity contribution in [3.8, 4) is 0 Å². The van der Waals surface area contributed by atoms with Gasteiger partial charge in [0.15, 0.2) is 0 Å². The lowest BCUT2D eigenvalue weighted by Gasteiger charge is -2.18. The highest BCUT2D eigenvalue weighted by atomic mass is 32.1.